The molecule has 0 saturated carbocycles. The third-order valence-corrected chi connectivity index (χ3v) is 1.89. The predicted octanol–water partition coefficient (Wildman–Crippen LogP) is 2.40. The average molecular weight is 189 g/mol. The lowest BCUT2D eigenvalue weighted by molar-refractivity contribution is 0.195. The predicted molar refractivity (Wildman–Crippen MR) is 46.8 cm³/mol. The van der Waals surface area contributed by atoms with Crippen molar-refractivity contribution in [2.24, 2.45) is 0 Å². The summed E-state index contributed by atoms with van der Waals surface area (Å²) in [4.78, 5) is 0. The van der Waals surface area contributed by atoms with Crippen molar-refractivity contribution in [1.82, 2.24) is 0 Å². The Balaban J connectivity index is 2.90. The molecule has 0 radical (unpaired) electrons. The first-order chi connectivity index (χ1) is 5.59. The summed E-state index contributed by atoms with van der Waals surface area (Å²) in [5, 5.41) is 9.54. The third kappa shape index (κ3) is 2.47. The number of halogens is 2. The molecular weight excluding hydrogens is 179 g/mol. The first-order valence-corrected chi connectivity index (χ1v) is 4.09. The molecule has 66 valence electrons. The van der Waals surface area contributed by atoms with Gasteiger partial charge in [0.1, 0.15) is 5.82 Å². The highest BCUT2D eigenvalue weighted by Crippen LogP contribution is 2.18. The van der Waals surface area contributed by atoms with Crippen molar-refractivity contribution in [3.8, 4) is 0 Å². The number of rotatable bonds is 2. The number of aliphatic hydroxyl groups is 1. The summed E-state index contributed by atoms with van der Waals surface area (Å²) in [5.74, 6) is -0.324. The van der Waals surface area contributed by atoms with Crippen LogP contribution in [0.5, 0.6) is 0 Å². The van der Waals surface area contributed by atoms with Gasteiger partial charge in [-0.05, 0) is 37.1 Å². The van der Waals surface area contributed by atoms with Gasteiger partial charge in [0.25, 0.3) is 0 Å². The molecule has 1 rings (SSSR count). The number of aliphatic hydroxyl groups excluding tert-OH is 1. The summed E-state index contributed by atoms with van der Waals surface area (Å²) in [6.07, 6.45) is -0.111. The summed E-state index contributed by atoms with van der Waals surface area (Å²) in [6, 6.07) is 4.14. The van der Waals surface area contributed by atoms with Gasteiger partial charge in [-0.2, -0.15) is 0 Å². The number of hydrogen-bond donors (Lipinski definition) is 1. The minimum absolute atomic E-state index is 0.324. The number of benzene rings is 1. The van der Waals surface area contributed by atoms with Crippen molar-refractivity contribution in [2.45, 2.75) is 19.4 Å². The Morgan fingerprint density at radius 1 is 1.58 bits per heavy atom. The molecule has 0 spiro atoms. The molecule has 1 atom stereocenters. The van der Waals surface area contributed by atoms with E-state index in [2.05, 4.69) is 0 Å². The van der Waals surface area contributed by atoms with Gasteiger partial charge in [0.2, 0.25) is 0 Å². The van der Waals surface area contributed by atoms with Crippen LogP contribution in [0.4, 0.5) is 4.39 Å². The Morgan fingerprint density at radius 2 is 2.25 bits per heavy atom. The highest BCUT2D eigenvalue weighted by molar-refractivity contribution is 6.31. The molecule has 0 aromatic heterocycles. The molecule has 0 fully saturated rings. The van der Waals surface area contributed by atoms with Gasteiger partial charge in [0.05, 0.1) is 6.10 Å². The molecule has 0 aliphatic carbocycles. The molecule has 0 aliphatic heterocycles. The van der Waals surface area contributed by atoms with Crippen LogP contribution < -0.4 is 0 Å². The van der Waals surface area contributed by atoms with E-state index in [1.807, 2.05) is 0 Å². The monoisotopic (exact) mass is 188 g/mol. The van der Waals surface area contributed by atoms with Crippen LogP contribution in [0.3, 0.4) is 0 Å². The molecule has 12 heavy (non-hydrogen) atoms. The van der Waals surface area contributed by atoms with Crippen LogP contribution in [0.25, 0.3) is 0 Å². The molecule has 3 heteroatoms. The fourth-order valence-electron chi connectivity index (χ4n) is 1.02. The van der Waals surface area contributed by atoms with E-state index in [0.717, 1.165) is 0 Å². The second kappa shape index (κ2) is 3.87. The molecule has 1 aromatic carbocycles. The topological polar surface area (TPSA) is 20.2 Å². The van der Waals surface area contributed by atoms with E-state index in [1.165, 1.54) is 18.2 Å². The van der Waals surface area contributed by atoms with Crippen LogP contribution >= 0.6 is 11.6 Å². The summed E-state index contributed by atoms with van der Waals surface area (Å²) in [5.41, 5.74) is 0.645. The van der Waals surface area contributed by atoms with E-state index >= 15 is 0 Å². The Bertz CT molecular complexity index is 273. The van der Waals surface area contributed by atoms with Gasteiger partial charge in [0, 0.05) is 5.02 Å². The van der Waals surface area contributed by atoms with Crippen LogP contribution in [-0.4, -0.2) is 11.2 Å². The van der Waals surface area contributed by atoms with E-state index < -0.39 is 6.10 Å². The van der Waals surface area contributed by atoms with Gasteiger partial charge in [-0.25, -0.2) is 4.39 Å². The molecule has 0 saturated heterocycles. The Morgan fingerprint density at radius 3 is 2.83 bits per heavy atom. The zero-order chi connectivity index (χ0) is 9.14. The maximum atomic E-state index is 12.7. The number of hydrogen-bond acceptors (Lipinski definition) is 1. The summed E-state index contributed by atoms with van der Waals surface area (Å²) in [6.45, 7) is 1.64. The zero-order valence-electron chi connectivity index (χ0n) is 6.72. The summed E-state index contributed by atoms with van der Waals surface area (Å²) < 4.78 is 12.7. The quantitative estimate of drug-likeness (QED) is 0.756. The van der Waals surface area contributed by atoms with Gasteiger partial charge in [-0.15, -0.1) is 0 Å². The maximum absolute atomic E-state index is 12.7. The van der Waals surface area contributed by atoms with E-state index in [-0.39, 0.29) is 5.82 Å². The van der Waals surface area contributed by atoms with Gasteiger partial charge in [-0.3, -0.25) is 0 Å². The van der Waals surface area contributed by atoms with E-state index in [1.54, 1.807) is 6.92 Å². The lowest BCUT2D eigenvalue weighted by atomic mass is 10.1. The van der Waals surface area contributed by atoms with Crippen molar-refractivity contribution >= 4 is 11.6 Å². The SMILES string of the molecule is C[C@@H](O)Cc1cc(F)ccc1Cl. The Labute approximate surface area is 75.8 Å². The first-order valence-electron chi connectivity index (χ1n) is 3.71. The average Bonchev–Trinajstić information content (AvgIpc) is 1.96. The van der Waals surface area contributed by atoms with Crippen LogP contribution in [0.2, 0.25) is 5.02 Å². The summed E-state index contributed by atoms with van der Waals surface area (Å²) >= 11 is 5.76. The lowest BCUT2D eigenvalue weighted by Crippen LogP contribution is -2.04. The van der Waals surface area contributed by atoms with Crippen LogP contribution in [0.15, 0.2) is 18.2 Å². The van der Waals surface area contributed by atoms with E-state index in [0.29, 0.717) is 17.0 Å². The van der Waals surface area contributed by atoms with E-state index in [4.69, 9.17) is 16.7 Å². The van der Waals surface area contributed by atoms with Crippen molar-refractivity contribution in [3.63, 3.8) is 0 Å². The van der Waals surface area contributed by atoms with E-state index in [9.17, 15) is 4.39 Å². The smallest absolute Gasteiger partial charge is 0.123 e. The van der Waals surface area contributed by atoms with Crippen LogP contribution in [-0.2, 0) is 6.42 Å². The zero-order valence-corrected chi connectivity index (χ0v) is 7.48. The minimum Gasteiger partial charge on any atom is -0.393 e. The molecule has 1 N–H and O–H groups in total. The maximum Gasteiger partial charge on any atom is 0.123 e. The first kappa shape index (κ1) is 9.49. The van der Waals surface area contributed by atoms with Crippen molar-refractivity contribution in [1.29, 1.82) is 0 Å². The van der Waals surface area contributed by atoms with Gasteiger partial charge in [0.15, 0.2) is 0 Å². The molecular formula is C9H10ClFO. The molecule has 0 bridgehead atoms. The normalized spacial score (nSPS) is 13.0. The Kier molecular flexibility index (Phi) is 3.06. The van der Waals surface area contributed by atoms with Gasteiger partial charge in [-0.1, -0.05) is 11.6 Å². The highest BCUT2D eigenvalue weighted by Gasteiger charge is 2.04. The van der Waals surface area contributed by atoms with Gasteiger partial charge >= 0.3 is 0 Å². The Hall–Kier alpha value is -0.600. The fraction of sp³-hybridized carbons (Fsp3) is 0.333. The van der Waals surface area contributed by atoms with Crippen molar-refractivity contribution in [3.05, 3.63) is 34.6 Å². The highest BCUT2D eigenvalue weighted by atomic mass is 35.5. The third-order valence-electron chi connectivity index (χ3n) is 1.52. The second-order valence-corrected chi connectivity index (χ2v) is 3.20. The molecule has 0 heterocycles. The second-order valence-electron chi connectivity index (χ2n) is 2.79. The van der Waals surface area contributed by atoms with Crippen molar-refractivity contribution in [2.75, 3.05) is 0 Å². The lowest BCUT2D eigenvalue weighted by Gasteiger charge is -2.05. The largest absolute Gasteiger partial charge is 0.393 e. The van der Waals surface area contributed by atoms with Gasteiger partial charge < -0.3 is 5.11 Å². The summed E-state index contributed by atoms with van der Waals surface area (Å²) in [7, 11) is 0. The van der Waals surface area contributed by atoms with Crippen LogP contribution in [0.1, 0.15) is 12.5 Å². The molecule has 0 unspecified atom stereocenters. The van der Waals surface area contributed by atoms with Crippen LogP contribution in [0, 0.1) is 5.82 Å². The fourth-order valence-corrected chi connectivity index (χ4v) is 1.21. The molecule has 1 nitrogen and oxygen atoms in total. The van der Waals surface area contributed by atoms with Crippen molar-refractivity contribution < 1.29 is 9.50 Å². The molecule has 1 aromatic rings. The minimum atomic E-state index is -0.496. The standard InChI is InChI=1S/C9H10ClFO/c1-6(12)4-7-5-8(11)2-3-9(7)10/h2-3,5-6,12H,4H2,1H3/t6-/m1/s1. The molecule has 0 aliphatic rings. The molecule has 0 amide bonds.